The Morgan fingerprint density at radius 1 is 1.03 bits per heavy atom. The number of carboxylic acids is 1. The Morgan fingerprint density at radius 2 is 1.67 bits per heavy atom. The Labute approximate surface area is 184 Å². The molecule has 0 aromatic heterocycles. The molecule has 1 aliphatic heterocycles. The number of hydrogen-bond acceptors (Lipinski definition) is 4. The minimum absolute atomic E-state index is 0.0691. The zero-order chi connectivity index (χ0) is 21.5. The predicted octanol–water partition coefficient (Wildman–Crippen LogP) is 4.15. The minimum atomic E-state index is -0.786. The molecule has 158 valence electrons. The third-order valence-corrected chi connectivity index (χ3v) is 6.22. The largest absolute Gasteiger partial charge is 0.481 e. The van der Waals surface area contributed by atoms with Crippen LogP contribution in [-0.4, -0.2) is 46.6 Å². The van der Waals surface area contributed by atoms with Gasteiger partial charge in [0.25, 0.3) is 5.91 Å². The standard InChI is InChI=1S/C22H23ClN2O4S/c23-18-5-7-19(8-6-18)24-20(26)14-30-13-15-1-3-16(4-2-15)21(27)25-11-9-17(10-12-25)22(28)29/h1-8,17H,9-14H2,(H,24,26)(H,28,29). The lowest BCUT2D eigenvalue weighted by atomic mass is 9.96. The number of nitrogens with one attached hydrogen (secondary N) is 1. The summed E-state index contributed by atoms with van der Waals surface area (Å²) in [4.78, 5) is 37.4. The molecule has 1 heterocycles. The summed E-state index contributed by atoms with van der Waals surface area (Å²) in [5, 5.41) is 12.5. The van der Waals surface area contributed by atoms with Crippen molar-refractivity contribution in [2.45, 2.75) is 18.6 Å². The van der Waals surface area contributed by atoms with E-state index in [2.05, 4.69) is 5.32 Å². The smallest absolute Gasteiger partial charge is 0.306 e. The van der Waals surface area contributed by atoms with Crippen LogP contribution in [0.1, 0.15) is 28.8 Å². The molecular formula is C22H23ClN2O4S. The van der Waals surface area contributed by atoms with Gasteiger partial charge in [0.1, 0.15) is 0 Å². The zero-order valence-electron chi connectivity index (χ0n) is 16.3. The average molecular weight is 447 g/mol. The topological polar surface area (TPSA) is 86.7 Å². The van der Waals surface area contributed by atoms with Gasteiger partial charge >= 0.3 is 5.97 Å². The zero-order valence-corrected chi connectivity index (χ0v) is 17.9. The molecule has 8 heteroatoms. The minimum Gasteiger partial charge on any atom is -0.481 e. The van der Waals surface area contributed by atoms with E-state index < -0.39 is 5.97 Å². The lowest BCUT2D eigenvalue weighted by molar-refractivity contribution is -0.143. The molecule has 1 saturated heterocycles. The van der Waals surface area contributed by atoms with Gasteiger partial charge in [-0.15, -0.1) is 11.8 Å². The number of piperidine rings is 1. The Morgan fingerprint density at radius 3 is 2.27 bits per heavy atom. The van der Waals surface area contributed by atoms with Crippen LogP contribution in [-0.2, 0) is 15.3 Å². The number of hydrogen-bond donors (Lipinski definition) is 2. The van der Waals surface area contributed by atoms with E-state index in [-0.39, 0.29) is 17.7 Å². The molecule has 1 aliphatic rings. The molecule has 0 bridgehead atoms. The van der Waals surface area contributed by atoms with Gasteiger partial charge in [0, 0.05) is 35.1 Å². The van der Waals surface area contributed by atoms with E-state index in [1.165, 1.54) is 11.8 Å². The summed E-state index contributed by atoms with van der Waals surface area (Å²) in [6.07, 6.45) is 0.988. The van der Waals surface area contributed by atoms with Crippen molar-refractivity contribution in [3.8, 4) is 0 Å². The van der Waals surface area contributed by atoms with Crippen molar-refractivity contribution in [2.24, 2.45) is 5.92 Å². The summed E-state index contributed by atoms with van der Waals surface area (Å²) in [6.45, 7) is 0.937. The monoisotopic (exact) mass is 446 g/mol. The molecule has 2 aromatic carbocycles. The van der Waals surface area contributed by atoms with Crippen molar-refractivity contribution in [3.05, 3.63) is 64.7 Å². The molecule has 3 rings (SSSR count). The quantitative estimate of drug-likeness (QED) is 0.667. The molecule has 6 nitrogen and oxygen atoms in total. The van der Waals surface area contributed by atoms with Crippen LogP contribution in [0.15, 0.2) is 48.5 Å². The Bertz CT molecular complexity index is 894. The van der Waals surface area contributed by atoms with Gasteiger partial charge in [0.2, 0.25) is 5.91 Å². The van der Waals surface area contributed by atoms with E-state index in [0.29, 0.717) is 53.7 Å². The molecule has 0 radical (unpaired) electrons. The van der Waals surface area contributed by atoms with Crippen molar-refractivity contribution in [2.75, 3.05) is 24.2 Å². The van der Waals surface area contributed by atoms with Crippen LogP contribution < -0.4 is 5.32 Å². The first-order valence-corrected chi connectivity index (χ1v) is 11.2. The van der Waals surface area contributed by atoms with Gasteiger partial charge in [-0.3, -0.25) is 14.4 Å². The summed E-state index contributed by atoms with van der Waals surface area (Å²) in [7, 11) is 0. The highest BCUT2D eigenvalue weighted by Crippen LogP contribution is 2.20. The van der Waals surface area contributed by atoms with Gasteiger partial charge in [-0.05, 0) is 54.8 Å². The SMILES string of the molecule is O=C(CSCc1ccc(C(=O)N2CCC(C(=O)O)CC2)cc1)Nc1ccc(Cl)cc1. The number of carboxylic acid groups (broad SMARTS) is 1. The van der Waals surface area contributed by atoms with Gasteiger partial charge in [-0.25, -0.2) is 0 Å². The van der Waals surface area contributed by atoms with E-state index in [4.69, 9.17) is 16.7 Å². The lowest BCUT2D eigenvalue weighted by Gasteiger charge is -2.30. The third-order valence-electron chi connectivity index (χ3n) is 4.96. The van der Waals surface area contributed by atoms with E-state index in [0.717, 1.165) is 5.56 Å². The number of benzene rings is 2. The molecule has 1 fully saturated rings. The highest BCUT2D eigenvalue weighted by atomic mass is 35.5. The fraction of sp³-hybridized carbons (Fsp3) is 0.318. The number of carbonyl (C=O) groups excluding carboxylic acids is 2. The molecule has 0 unspecified atom stereocenters. The average Bonchev–Trinajstić information content (AvgIpc) is 2.75. The van der Waals surface area contributed by atoms with E-state index in [1.807, 2.05) is 12.1 Å². The van der Waals surface area contributed by atoms with Crippen LogP contribution in [0.4, 0.5) is 5.69 Å². The first kappa shape index (κ1) is 22.2. The fourth-order valence-corrected chi connectivity index (χ4v) is 4.16. The maximum Gasteiger partial charge on any atom is 0.306 e. The maximum atomic E-state index is 12.6. The number of aliphatic carboxylic acids is 1. The van der Waals surface area contributed by atoms with Crippen LogP contribution in [0.3, 0.4) is 0 Å². The fourth-order valence-electron chi connectivity index (χ4n) is 3.25. The second-order valence-corrected chi connectivity index (χ2v) is 8.57. The number of likely N-dealkylation sites (tertiary alicyclic amines) is 1. The van der Waals surface area contributed by atoms with Crippen LogP contribution in [0.2, 0.25) is 5.02 Å². The Kier molecular flexibility index (Phi) is 7.76. The van der Waals surface area contributed by atoms with Crippen molar-refractivity contribution in [3.63, 3.8) is 0 Å². The number of carbonyl (C=O) groups is 3. The molecular weight excluding hydrogens is 424 g/mol. The first-order chi connectivity index (χ1) is 14.4. The van der Waals surface area contributed by atoms with Gasteiger partial charge in [0.05, 0.1) is 11.7 Å². The van der Waals surface area contributed by atoms with Crippen LogP contribution in [0.5, 0.6) is 0 Å². The number of thioether (sulfide) groups is 1. The molecule has 30 heavy (non-hydrogen) atoms. The van der Waals surface area contributed by atoms with Gasteiger partial charge in [-0.2, -0.15) is 0 Å². The Balaban J connectivity index is 1.43. The number of rotatable bonds is 7. The van der Waals surface area contributed by atoms with Crippen molar-refractivity contribution in [1.29, 1.82) is 0 Å². The highest BCUT2D eigenvalue weighted by Gasteiger charge is 2.27. The lowest BCUT2D eigenvalue weighted by Crippen LogP contribution is -2.40. The molecule has 0 atom stereocenters. The van der Waals surface area contributed by atoms with Crippen LogP contribution in [0, 0.1) is 5.92 Å². The molecule has 0 spiro atoms. The van der Waals surface area contributed by atoms with Gasteiger partial charge in [0.15, 0.2) is 0 Å². The summed E-state index contributed by atoms with van der Waals surface area (Å²) in [5.41, 5.74) is 2.33. The molecule has 2 amide bonds. The van der Waals surface area contributed by atoms with E-state index in [9.17, 15) is 14.4 Å². The number of anilines is 1. The molecule has 2 N–H and O–H groups in total. The van der Waals surface area contributed by atoms with Crippen molar-refractivity contribution < 1.29 is 19.5 Å². The number of halogens is 1. The molecule has 0 saturated carbocycles. The summed E-state index contributed by atoms with van der Waals surface area (Å²) in [6, 6.07) is 14.3. The predicted molar refractivity (Wildman–Crippen MR) is 119 cm³/mol. The summed E-state index contributed by atoms with van der Waals surface area (Å²) in [5.74, 6) is -0.315. The molecule has 2 aromatic rings. The maximum absolute atomic E-state index is 12.6. The third kappa shape index (κ3) is 6.24. The highest BCUT2D eigenvalue weighted by molar-refractivity contribution is 7.99. The Hall–Kier alpha value is -2.51. The molecule has 0 aliphatic carbocycles. The normalized spacial score (nSPS) is 14.4. The second kappa shape index (κ2) is 10.5. The van der Waals surface area contributed by atoms with Crippen LogP contribution in [0.25, 0.3) is 0 Å². The number of nitrogens with zero attached hydrogens (tertiary/aromatic N) is 1. The van der Waals surface area contributed by atoms with Gasteiger partial charge in [-0.1, -0.05) is 23.7 Å². The second-order valence-electron chi connectivity index (χ2n) is 7.15. The van der Waals surface area contributed by atoms with Crippen molar-refractivity contribution in [1.82, 2.24) is 4.90 Å². The van der Waals surface area contributed by atoms with Crippen LogP contribution >= 0.6 is 23.4 Å². The van der Waals surface area contributed by atoms with Crippen molar-refractivity contribution >= 4 is 46.8 Å². The number of amides is 2. The summed E-state index contributed by atoms with van der Waals surface area (Å²) < 4.78 is 0. The van der Waals surface area contributed by atoms with E-state index in [1.54, 1.807) is 41.3 Å². The first-order valence-electron chi connectivity index (χ1n) is 9.66. The van der Waals surface area contributed by atoms with E-state index >= 15 is 0 Å². The van der Waals surface area contributed by atoms with Gasteiger partial charge < -0.3 is 15.3 Å². The summed E-state index contributed by atoms with van der Waals surface area (Å²) >= 11 is 7.32.